The summed E-state index contributed by atoms with van der Waals surface area (Å²) >= 11 is 10.3. The molecule has 0 aliphatic heterocycles. The number of sulfonamides is 1. The predicted octanol–water partition coefficient (Wildman–Crippen LogP) is 2.95. The third-order valence-corrected chi connectivity index (χ3v) is 5.90. The molecule has 0 fully saturated rings. The van der Waals surface area contributed by atoms with Crippen molar-refractivity contribution in [2.24, 2.45) is 0 Å². The van der Waals surface area contributed by atoms with Gasteiger partial charge in [0.1, 0.15) is 10.7 Å². The molecule has 5 nitrogen and oxygen atoms in total. The van der Waals surface area contributed by atoms with Crippen molar-refractivity contribution in [3.63, 3.8) is 0 Å². The van der Waals surface area contributed by atoms with Crippen molar-refractivity contribution in [1.82, 2.24) is 10.0 Å². The lowest BCUT2D eigenvalue weighted by atomic mass is 10.4. The van der Waals surface area contributed by atoms with E-state index in [1.54, 1.807) is 19.2 Å². The van der Waals surface area contributed by atoms with Gasteiger partial charge in [0, 0.05) is 17.5 Å². The van der Waals surface area contributed by atoms with E-state index in [0.29, 0.717) is 16.6 Å². The molecule has 110 valence electrons. The van der Waals surface area contributed by atoms with Crippen molar-refractivity contribution in [1.29, 1.82) is 0 Å². The van der Waals surface area contributed by atoms with E-state index < -0.39 is 10.0 Å². The number of thiophene rings is 1. The molecule has 0 spiro atoms. The van der Waals surface area contributed by atoms with E-state index in [0.717, 1.165) is 4.88 Å². The highest BCUT2D eigenvalue weighted by atomic mass is 79.9. The maximum atomic E-state index is 12.2. The first-order chi connectivity index (χ1) is 9.42. The van der Waals surface area contributed by atoms with E-state index in [1.807, 2.05) is 0 Å². The molecule has 9 heteroatoms. The fraction of sp³-hybridized carbons (Fsp3) is 0.273. The summed E-state index contributed by atoms with van der Waals surface area (Å²) in [5.41, 5.74) is 0. The van der Waals surface area contributed by atoms with Crippen molar-refractivity contribution >= 4 is 48.9 Å². The summed E-state index contributed by atoms with van der Waals surface area (Å²) in [6.07, 6.45) is 0. The van der Waals surface area contributed by atoms with Crippen molar-refractivity contribution in [3.8, 4) is 0 Å². The Morgan fingerprint density at radius 1 is 1.40 bits per heavy atom. The van der Waals surface area contributed by atoms with Gasteiger partial charge in [0.05, 0.1) is 10.9 Å². The molecule has 2 aromatic heterocycles. The maximum absolute atomic E-state index is 12.2. The van der Waals surface area contributed by atoms with Crippen LogP contribution in [0.3, 0.4) is 0 Å². The number of nitrogens with one attached hydrogen (secondary N) is 2. The van der Waals surface area contributed by atoms with Crippen LogP contribution in [0.2, 0.25) is 4.34 Å². The molecular weight excluding hydrogens is 388 g/mol. The second kappa shape index (κ2) is 6.59. The molecule has 0 saturated carbocycles. The largest absolute Gasteiger partial charge is 0.452 e. The Morgan fingerprint density at radius 2 is 2.15 bits per heavy atom. The van der Waals surface area contributed by atoms with Crippen molar-refractivity contribution in [3.05, 3.63) is 37.8 Å². The van der Waals surface area contributed by atoms with Gasteiger partial charge in [-0.2, -0.15) is 0 Å². The molecule has 0 bridgehead atoms. The van der Waals surface area contributed by atoms with Gasteiger partial charge in [-0.25, -0.2) is 13.1 Å². The zero-order chi connectivity index (χ0) is 14.8. The molecule has 0 unspecified atom stereocenters. The molecule has 2 heterocycles. The molecule has 20 heavy (non-hydrogen) atoms. The SMILES string of the molecule is CNCc1cc(S(=O)(=O)NCc2ccc(Cl)s2)c(Br)o1. The number of rotatable bonds is 6. The molecule has 2 rings (SSSR count). The Bertz CT molecular complexity index is 696. The number of hydrogen-bond donors (Lipinski definition) is 2. The van der Waals surface area contributed by atoms with Gasteiger partial charge in [-0.15, -0.1) is 11.3 Å². The normalized spacial score (nSPS) is 11.9. The summed E-state index contributed by atoms with van der Waals surface area (Å²) in [7, 11) is -1.88. The molecule has 0 radical (unpaired) electrons. The fourth-order valence-corrected chi connectivity index (χ4v) is 4.65. The lowest BCUT2D eigenvalue weighted by Gasteiger charge is -2.03. The van der Waals surface area contributed by atoms with Crippen molar-refractivity contribution in [2.45, 2.75) is 18.0 Å². The molecular formula is C11H12BrClN2O3S2. The van der Waals surface area contributed by atoms with Crippen LogP contribution in [0.5, 0.6) is 0 Å². The van der Waals surface area contributed by atoms with Crippen LogP contribution in [-0.4, -0.2) is 15.5 Å². The summed E-state index contributed by atoms with van der Waals surface area (Å²) in [5.74, 6) is 0.541. The van der Waals surface area contributed by atoms with Gasteiger partial charge >= 0.3 is 0 Å². The van der Waals surface area contributed by atoms with E-state index >= 15 is 0 Å². The van der Waals surface area contributed by atoms with Crippen LogP contribution in [0, 0.1) is 0 Å². The van der Waals surface area contributed by atoms with Crippen LogP contribution >= 0.6 is 38.9 Å². The van der Waals surface area contributed by atoms with E-state index in [1.165, 1.54) is 17.4 Å². The molecule has 0 saturated heterocycles. The highest BCUT2D eigenvalue weighted by Crippen LogP contribution is 2.27. The van der Waals surface area contributed by atoms with Gasteiger partial charge in [0.2, 0.25) is 10.0 Å². The quantitative estimate of drug-likeness (QED) is 0.783. The lowest BCUT2D eigenvalue weighted by Crippen LogP contribution is -2.22. The van der Waals surface area contributed by atoms with Crippen LogP contribution in [0.1, 0.15) is 10.6 Å². The molecule has 0 aliphatic carbocycles. The average Bonchev–Trinajstić information content (AvgIpc) is 2.94. The van der Waals surface area contributed by atoms with Gasteiger partial charge in [-0.3, -0.25) is 0 Å². The second-order valence-electron chi connectivity index (χ2n) is 3.91. The first-order valence-electron chi connectivity index (χ1n) is 5.59. The van der Waals surface area contributed by atoms with Gasteiger partial charge in [-0.05, 0) is 35.1 Å². The van der Waals surface area contributed by atoms with Crippen LogP contribution in [0.15, 0.2) is 32.2 Å². The van der Waals surface area contributed by atoms with E-state index in [9.17, 15) is 8.42 Å². The Kier molecular flexibility index (Phi) is 5.27. The maximum Gasteiger partial charge on any atom is 0.245 e. The first-order valence-corrected chi connectivity index (χ1v) is 9.06. The second-order valence-corrected chi connectivity index (χ2v) is 8.17. The zero-order valence-electron chi connectivity index (χ0n) is 10.4. The Balaban J connectivity index is 2.13. The minimum Gasteiger partial charge on any atom is -0.452 e. The average molecular weight is 400 g/mol. The molecule has 0 aromatic carbocycles. The first kappa shape index (κ1) is 16.0. The molecule has 2 N–H and O–H groups in total. The van der Waals surface area contributed by atoms with Gasteiger partial charge in [0.25, 0.3) is 0 Å². The number of halogens is 2. The van der Waals surface area contributed by atoms with Crippen molar-refractivity contribution < 1.29 is 12.8 Å². The standard InChI is InChI=1S/C11H12BrClN2O3S2/c1-14-5-7-4-9(11(12)18-7)20(16,17)15-6-8-2-3-10(13)19-8/h2-4,14-15H,5-6H2,1H3. The Labute approximate surface area is 134 Å². The monoisotopic (exact) mass is 398 g/mol. The number of hydrogen-bond acceptors (Lipinski definition) is 5. The Hall–Kier alpha value is -0.380. The zero-order valence-corrected chi connectivity index (χ0v) is 14.4. The molecule has 0 amide bonds. The van der Waals surface area contributed by atoms with Crippen molar-refractivity contribution in [2.75, 3.05) is 7.05 Å². The van der Waals surface area contributed by atoms with Gasteiger partial charge in [0.15, 0.2) is 4.67 Å². The topological polar surface area (TPSA) is 71.3 Å². The van der Waals surface area contributed by atoms with Crippen LogP contribution in [0.25, 0.3) is 0 Å². The molecule has 0 aliphatic rings. The summed E-state index contributed by atoms with van der Waals surface area (Å²) in [4.78, 5) is 0.930. The summed E-state index contributed by atoms with van der Waals surface area (Å²) in [5, 5.41) is 2.89. The van der Waals surface area contributed by atoms with E-state index in [2.05, 4.69) is 26.0 Å². The molecule has 0 atom stereocenters. The summed E-state index contributed by atoms with van der Waals surface area (Å²) in [6.45, 7) is 0.646. The summed E-state index contributed by atoms with van der Waals surface area (Å²) in [6, 6.07) is 5.01. The third kappa shape index (κ3) is 3.84. The highest BCUT2D eigenvalue weighted by Gasteiger charge is 2.22. The van der Waals surface area contributed by atoms with E-state index in [4.69, 9.17) is 16.0 Å². The predicted molar refractivity (Wildman–Crippen MR) is 82.5 cm³/mol. The van der Waals surface area contributed by atoms with Gasteiger partial charge < -0.3 is 9.73 Å². The van der Waals surface area contributed by atoms with Crippen LogP contribution in [0.4, 0.5) is 0 Å². The molecule has 2 aromatic rings. The van der Waals surface area contributed by atoms with Crippen LogP contribution < -0.4 is 10.0 Å². The minimum atomic E-state index is -3.63. The smallest absolute Gasteiger partial charge is 0.245 e. The van der Waals surface area contributed by atoms with Crippen LogP contribution in [-0.2, 0) is 23.1 Å². The Morgan fingerprint density at radius 3 is 2.75 bits per heavy atom. The fourth-order valence-electron chi connectivity index (χ4n) is 1.53. The third-order valence-electron chi connectivity index (χ3n) is 2.41. The number of furan rings is 1. The van der Waals surface area contributed by atoms with E-state index in [-0.39, 0.29) is 16.1 Å². The summed E-state index contributed by atoms with van der Waals surface area (Å²) < 4.78 is 33.0. The lowest BCUT2D eigenvalue weighted by molar-refractivity contribution is 0.470. The van der Waals surface area contributed by atoms with Gasteiger partial charge in [-0.1, -0.05) is 11.6 Å². The highest BCUT2D eigenvalue weighted by molar-refractivity contribution is 9.10. The minimum absolute atomic E-state index is 0.0883.